The smallest absolute Gasteiger partial charge is 0.251 e. The number of nitrogens with one attached hydrogen (secondary N) is 2. The largest absolute Gasteiger partial charge is 0.490 e. The zero-order valence-corrected chi connectivity index (χ0v) is 24.2. The number of fused-ring (bicyclic) bond motifs is 3. The molecule has 1 amide bonds. The van der Waals surface area contributed by atoms with Crippen molar-refractivity contribution in [3.63, 3.8) is 0 Å². The zero-order valence-electron chi connectivity index (χ0n) is 23.5. The van der Waals surface area contributed by atoms with E-state index in [0.717, 1.165) is 72.4 Å². The van der Waals surface area contributed by atoms with Gasteiger partial charge in [-0.2, -0.15) is 5.10 Å². The summed E-state index contributed by atoms with van der Waals surface area (Å²) in [5, 5.41) is 12.6. The Hall–Kier alpha value is -3.39. The zero-order chi connectivity index (χ0) is 28.2. The van der Waals surface area contributed by atoms with Gasteiger partial charge in [-0.3, -0.25) is 14.8 Å². The van der Waals surface area contributed by atoms with Crippen molar-refractivity contribution >= 4 is 28.4 Å². The van der Waals surface area contributed by atoms with Crippen molar-refractivity contribution in [2.24, 2.45) is 5.92 Å². The van der Waals surface area contributed by atoms with E-state index < -0.39 is 0 Å². The van der Waals surface area contributed by atoms with Gasteiger partial charge in [-0.1, -0.05) is 29.8 Å². The van der Waals surface area contributed by atoms with E-state index in [1.165, 1.54) is 12.8 Å². The fourth-order valence-electron chi connectivity index (χ4n) is 7.34. The summed E-state index contributed by atoms with van der Waals surface area (Å²) >= 11 is 6.50. The van der Waals surface area contributed by atoms with Crippen LogP contribution in [0, 0.1) is 5.92 Å². The average molecular weight is 583 g/mol. The Labute approximate surface area is 250 Å². The lowest BCUT2D eigenvalue weighted by Crippen LogP contribution is -2.57. The Morgan fingerprint density at radius 3 is 2.43 bits per heavy atom. The number of hydrogen-bond acceptors (Lipinski definition) is 5. The highest BCUT2D eigenvalue weighted by atomic mass is 35.5. The third-order valence-electron chi connectivity index (χ3n) is 9.66. The summed E-state index contributed by atoms with van der Waals surface area (Å²) in [7, 11) is 0. The molecule has 4 aromatic rings. The quantitative estimate of drug-likeness (QED) is 0.247. The number of halogens is 1. The lowest BCUT2D eigenvalue weighted by molar-refractivity contribution is -0.102. The van der Waals surface area contributed by atoms with Crippen molar-refractivity contribution in [1.29, 1.82) is 0 Å². The maximum Gasteiger partial charge on any atom is 0.251 e. The van der Waals surface area contributed by atoms with Gasteiger partial charge in [0.15, 0.2) is 0 Å². The molecule has 2 unspecified atom stereocenters. The number of hydrogen-bond donors (Lipinski definition) is 2. The Morgan fingerprint density at radius 2 is 1.74 bits per heavy atom. The number of nitrogens with zero attached hydrogens (tertiary/aromatic N) is 2. The second kappa shape index (κ2) is 10.7. The van der Waals surface area contributed by atoms with Gasteiger partial charge in [0, 0.05) is 33.6 Å². The van der Waals surface area contributed by atoms with Gasteiger partial charge in [0.2, 0.25) is 0 Å². The second-order valence-electron chi connectivity index (χ2n) is 12.4. The Kier molecular flexibility index (Phi) is 6.69. The van der Waals surface area contributed by atoms with Crippen molar-refractivity contribution in [2.45, 2.75) is 68.8 Å². The summed E-state index contributed by atoms with van der Waals surface area (Å²) in [5.41, 5.74) is 4.29. The van der Waals surface area contributed by atoms with Crippen LogP contribution in [0.25, 0.3) is 22.2 Å². The Balaban J connectivity index is 0.974. The Bertz CT molecular complexity index is 1600. The number of piperidine rings is 1. The molecule has 3 aliphatic heterocycles. The van der Waals surface area contributed by atoms with Crippen molar-refractivity contribution in [3.05, 3.63) is 82.9 Å². The number of aromatic nitrogens is 2. The van der Waals surface area contributed by atoms with E-state index in [-0.39, 0.29) is 18.1 Å². The van der Waals surface area contributed by atoms with E-state index in [9.17, 15) is 4.79 Å². The van der Waals surface area contributed by atoms with E-state index in [1.54, 1.807) is 0 Å². The summed E-state index contributed by atoms with van der Waals surface area (Å²) < 4.78 is 11.9. The molecule has 216 valence electrons. The highest BCUT2D eigenvalue weighted by molar-refractivity contribution is 6.31. The first kappa shape index (κ1) is 26.3. The molecular formula is C34H35ClN4O3. The lowest BCUT2D eigenvalue weighted by atomic mass is 9.96. The average Bonchev–Trinajstić information content (AvgIpc) is 3.69. The molecule has 4 heterocycles. The SMILES string of the molecule is O=C(N[C@H](c1ccccc1Cl)C1CC1)c1ccc2[nH]nc(-c3ccc(OC4CC5CCC(C4)N5C4COC4)cc3)c2c1. The predicted molar refractivity (Wildman–Crippen MR) is 163 cm³/mol. The van der Waals surface area contributed by atoms with Crippen LogP contribution in [0.15, 0.2) is 66.7 Å². The van der Waals surface area contributed by atoms with Crippen LogP contribution in [0.4, 0.5) is 0 Å². The van der Waals surface area contributed by atoms with Crippen LogP contribution in [0.1, 0.15) is 60.5 Å². The second-order valence-corrected chi connectivity index (χ2v) is 12.8. The Morgan fingerprint density at radius 1 is 0.976 bits per heavy atom. The molecule has 7 nitrogen and oxygen atoms in total. The number of aromatic amines is 1. The minimum Gasteiger partial charge on any atom is -0.490 e. The molecule has 1 aliphatic carbocycles. The van der Waals surface area contributed by atoms with Crippen LogP contribution in [-0.4, -0.2) is 58.4 Å². The van der Waals surface area contributed by atoms with E-state index in [2.05, 4.69) is 32.5 Å². The molecule has 4 aliphatic rings. The molecule has 2 N–H and O–H groups in total. The molecule has 0 spiro atoms. The maximum atomic E-state index is 13.4. The van der Waals surface area contributed by atoms with Crippen LogP contribution < -0.4 is 10.1 Å². The van der Waals surface area contributed by atoms with Gasteiger partial charge in [-0.15, -0.1) is 0 Å². The standard InChI is InChI=1S/C34H35ClN4O3/c35-30-4-2-1-3-28(30)32(20-5-6-20)36-34(40)22-9-14-31-29(15-22)33(38-37-31)21-7-12-26(13-8-21)42-27-16-23-10-11-24(17-27)39(23)25-18-41-19-25/h1-4,7-9,12-15,20,23-25,27,32H,5-6,10-11,16-19H2,(H,36,40)(H,37,38)/t23?,24?,27?,32-/m0/s1. The molecule has 2 bridgehead atoms. The van der Waals surface area contributed by atoms with Crippen LogP contribution >= 0.6 is 11.6 Å². The van der Waals surface area contributed by atoms with Crippen LogP contribution in [0.5, 0.6) is 5.75 Å². The predicted octanol–water partition coefficient (Wildman–Crippen LogP) is 6.54. The maximum absolute atomic E-state index is 13.4. The molecule has 4 fully saturated rings. The molecule has 42 heavy (non-hydrogen) atoms. The van der Waals surface area contributed by atoms with Crippen LogP contribution in [0.2, 0.25) is 5.02 Å². The number of benzene rings is 3. The van der Waals surface area contributed by atoms with Gasteiger partial charge >= 0.3 is 0 Å². The first-order valence-corrected chi connectivity index (χ1v) is 15.6. The van der Waals surface area contributed by atoms with Crippen molar-refractivity contribution in [1.82, 2.24) is 20.4 Å². The molecular weight excluding hydrogens is 548 g/mol. The van der Waals surface area contributed by atoms with Gasteiger partial charge in [0.1, 0.15) is 11.9 Å². The third-order valence-corrected chi connectivity index (χ3v) is 10.0. The highest BCUT2D eigenvalue weighted by Gasteiger charge is 2.46. The molecule has 3 saturated heterocycles. The molecule has 1 aromatic heterocycles. The summed E-state index contributed by atoms with van der Waals surface area (Å²) in [6, 6.07) is 23.5. The molecule has 3 atom stereocenters. The normalized spacial score (nSPS) is 24.8. The first-order valence-electron chi connectivity index (χ1n) is 15.3. The number of ether oxygens (including phenoxy) is 2. The minimum absolute atomic E-state index is 0.0899. The summed E-state index contributed by atoms with van der Waals surface area (Å²) in [5.74, 6) is 1.21. The fourth-order valence-corrected chi connectivity index (χ4v) is 7.59. The number of carbonyl (C=O) groups excluding carboxylic acids is 1. The number of rotatable bonds is 8. The number of amides is 1. The number of carbonyl (C=O) groups is 1. The van der Waals surface area contributed by atoms with Crippen molar-refractivity contribution < 1.29 is 14.3 Å². The van der Waals surface area contributed by atoms with E-state index in [0.29, 0.717) is 34.6 Å². The fraction of sp³-hybridized carbons (Fsp3) is 0.412. The van der Waals surface area contributed by atoms with E-state index in [1.807, 2.05) is 54.6 Å². The molecule has 1 saturated carbocycles. The molecule has 8 rings (SSSR count). The van der Waals surface area contributed by atoms with Gasteiger partial charge in [0.05, 0.1) is 36.5 Å². The molecule has 8 heteroatoms. The summed E-state index contributed by atoms with van der Waals surface area (Å²) in [6.45, 7) is 1.77. The van der Waals surface area contributed by atoms with Gasteiger partial charge in [-0.05, 0) is 98.5 Å². The van der Waals surface area contributed by atoms with Crippen LogP contribution in [-0.2, 0) is 4.74 Å². The van der Waals surface area contributed by atoms with Crippen LogP contribution in [0.3, 0.4) is 0 Å². The molecule has 3 aromatic carbocycles. The topological polar surface area (TPSA) is 79.5 Å². The minimum atomic E-state index is -0.102. The number of H-pyrrole nitrogens is 1. The highest BCUT2D eigenvalue weighted by Crippen LogP contribution is 2.43. The van der Waals surface area contributed by atoms with Gasteiger partial charge < -0.3 is 14.8 Å². The van der Waals surface area contributed by atoms with Gasteiger partial charge in [0.25, 0.3) is 5.91 Å². The van der Waals surface area contributed by atoms with Crippen molar-refractivity contribution in [2.75, 3.05) is 13.2 Å². The first-order chi connectivity index (χ1) is 20.6. The monoisotopic (exact) mass is 582 g/mol. The summed E-state index contributed by atoms with van der Waals surface area (Å²) in [6.07, 6.45) is 7.15. The lowest BCUT2D eigenvalue weighted by Gasteiger charge is -2.46. The van der Waals surface area contributed by atoms with E-state index >= 15 is 0 Å². The van der Waals surface area contributed by atoms with Crippen molar-refractivity contribution in [3.8, 4) is 17.0 Å². The molecule has 0 radical (unpaired) electrons. The van der Waals surface area contributed by atoms with E-state index in [4.69, 9.17) is 21.1 Å². The third kappa shape index (κ3) is 4.87. The summed E-state index contributed by atoms with van der Waals surface area (Å²) in [4.78, 5) is 16.2. The van der Waals surface area contributed by atoms with Gasteiger partial charge in [-0.25, -0.2) is 0 Å².